The van der Waals surface area contributed by atoms with E-state index in [1.807, 2.05) is 0 Å². The molecule has 0 aliphatic rings. The fraction of sp³-hybridized carbons (Fsp3) is 0.200. The number of alkyl halides is 1. The van der Waals surface area contributed by atoms with Gasteiger partial charge >= 0.3 is 11.9 Å². The van der Waals surface area contributed by atoms with E-state index < -0.39 is 11.9 Å². The molecule has 0 N–H and O–H groups in total. The molecule has 0 radical (unpaired) electrons. The zero-order valence-electron chi connectivity index (χ0n) is 15.9. The molecule has 2 aromatic rings. The highest BCUT2D eigenvalue weighted by atomic mass is 80.9. The number of esters is 2. The summed E-state index contributed by atoms with van der Waals surface area (Å²) in [4.78, 5) is 44.1. The Balaban J connectivity index is 0.000000499. The number of carbonyl (C=O) groups is 4. The molecule has 29 heavy (non-hydrogen) atoms. The largest absolute Gasteiger partial charge is 0.465 e. The zero-order valence-corrected chi connectivity index (χ0v) is 20.7. The van der Waals surface area contributed by atoms with Crippen LogP contribution in [-0.4, -0.2) is 43.1 Å². The van der Waals surface area contributed by atoms with Crippen molar-refractivity contribution in [1.82, 2.24) is 0 Å². The lowest BCUT2D eigenvalue weighted by atomic mass is 10.1. The number of hydrogen-bond acceptors (Lipinski definition) is 6. The van der Waals surface area contributed by atoms with Gasteiger partial charge in [0.1, 0.15) is 0 Å². The van der Waals surface area contributed by atoms with Crippen LogP contribution in [0.25, 0.3) is 0 Å². The number of Topliss-reactive ketones (excluding diaryl/α,β-unsaturated/α-hetero) is 2. The van der Waals surface area contributed by atoms with Gasteiger partial charge in [0.2, 0.25) is 0 Å². The normalized spacial score (nSPS) is 9.03. The van der Waals surface area contributed by atoms with Crippen LogP contribution in [0.1, 0.15) is 48.4 Å². The summed E-state index contributed by atoms with van der Waals surface area (Å²) in [7, 11) is 2.64. The molecule has 9 heteroatoms. The van der Waals surface area contributed by atoms with Gasteiger partial charge in [0, 0.05) is 39.4 Å². The molecule has 0 heterocycles. The van der Waals surface area contributed by atoms with E-state index in [0.29, 0.717) is 22.3 Å². The first-order valence-corrected chi connectivity index (χ1v) is 12.8. The second kappa shape index (κ2) is 15.1. The predicted octanol–water partition coefficient (Wildman–Crippen LogP) is 5.42. The van der Waals surface area contributed by atoms with Gasteiger partial charge in [-0.25, -0.2) is 9.59 Å². The number of methoxy groups -OCH3 is 2. The van der Waals surface area contributed by atoms with E-state index in [1.54, 1.807) is 48.5 Å². The Bertz CT molecular complexity index is 782. The number of hydrogen-bond donors (Lipinski definition) is 0. The predicted molar refractivity (Wildman–Crippen MR) is 122 cm³/mol. The molecule has 0 aliphatic carbocycles. The minimum atomic E-state index is -0.400. The summed E-state index contributed by atoms with van der Waals surface area (Å²) in [6.07, 6.45) is 0. The second-order valence-corrected chi connectivity index (χ2v) is 5.81. The highest BCUT2D eigenvalue weighted by Crippen LogP contribution is 2.08. The van der Waals surface area contributed by atoms with Crippen molar-refractivity contribution in [1.29, 1.82) is 0 Å². The van der Waals surface area contributed by atoms with Crippen LogP contribution in [0.15, 0.2) is 48.5 Å². The van der Waals surface area contributed by atoms with Gasteiger partial charge in [-0.2, -0.15) is 0 Å². The molecule has 0 atom stereocenters. The maximum Gasteiger partial charge on any atom is 0.337 e. The average Bonchev–Trinajstić information content (AvgIpc) is 2.79. The van der Waals surface area contributed by atoms with Crippen LogP contribution in [0.5, 0.6) is 0 Å². The first-order valence-electron chi connectivity index (χ1n) is 7.95. The summed E-state index contributed by atoms with van der Waals surface area (Å²) in [5.41, 5.74) is 2.06. The quantitative estimate of drug-likeness (QED) is 0.261. The number of ether oxygens (including phenoxy) is 2. The van der Waals surface area contributed by atoms with Crippen molar-refractivity contribution < 1.29 is 28.7 Å². The lowest BCUT2D eigenvalue weighted by molar-refractivity contribution is 0.0592. The first kappa shape index (κ1) is 27.2. The van der Waals surface area contributed by atoms with E-state index >= 15 is 0 Å². The molecular weight excluding hydrogens is 576 g/mol. The molecule has 0 saturated heterocycles. The minimum Gasteiger partial charge on any atom is -0.465 e. The summed E-state index contributed by atoms with van der Waals surface area (Å²) in [6, 6.07) is 12.7. The maximum absolute atomic E-state index is 11.2. The van der Waals surface area contributed by atoms with E-state index in [2.05, 4.69) is 53.7 Å². The summed E-state index contributed by atoms with van der Waals surface area (Å²) < 4.78 is 9.04. The molecule has 0 amide bonds. The van der Waals surface area contributed by atoms with Crippen LogP contribution in [0.4, 0.5) is 0 Å². The van der Waals surface area contributed by atoms with Crippen molar-refractivity contribution in [2.24, 2.45) is 0 Å². The molecule has 2 aromatic carbocycles. The van der Waals surface area contributed by atoms with Gasteiger partial charge in [0.25, 0.3) is 0 Å². The molecule has 0 bridgehead atoms. The second-order valence-electron chi connectivity index (χ2n) is 5.25. The molecule has 0 saturated carbocycles. The third-order valence-corrected chi connectivity index (χ3v) is 3.97. The van der Waals surface area contributed by atoms with Gasteiger partial charge in [0.05, 0.1) is 30.7 Å². The van der Waals surface area contributed by atoms with Crippen molar-refractivity contribution in [2.75, 3.05) is 19.5 Å². The van der Waals surface area contributed by atoms with Crippen LogP contribution in [0.3, 0.4) is 0 Å². The van der Waals surface area contributed by atoms with E-state index in [9.17, 15) is 19.2 Å². The third-order valence-electron chi connectivity index (χ3n) is 3.46. The standard InChI is InChI=1S/C10H9BrO3.C10H10O3.Br2/c1-14-10(13)8-4-2-7(3-5-8)9(12)6-11;1-7(11)8-3-5-9(6-4-8)10(12)13-2;1-2/h2-5H,6H2,1H3;3-6H,1-2H3;. The van der Waals surface area contributed by atoms with E-state index in [0.717, 1.165) is 0 Å². The molecule has 0 aliphatic heterocycles. The smallest absolute Gasteiger partial charge is 0.337 e. The van der Waals surface area contributed by atoms with Gasteiger partial charge in [0.15, 0.2) is 11.6 Å². The van der Waals surface area contributed by atoms with Gasteiger partial charge in [-0.15, -0.1) is 0 Å². The highest BCUT2D eigenvalue weighted by Gasteiger charge is 2.07. The van der Waals surface area contributed by atoms with Crippen LogP contribution in [-0.2, 0) is 9.47 Å². The Morgan fingerprint density at radius 1 is 0.690 bits per heavy atom. The maximum atomic E-state index is 11.2. The topological polar surface area (TPSA) is 86.7 Å². The Kier molecular flexibility index (Phi) is 14.1. The van der Waals surface area contributed by atoms with Gasteiger partial charge < -0.3 is 9.47 Å². The van der Waals surface area contributed by atoms with Crippen molar-refractivity contribution in [3.8, 4) is 0 Å². The Morgan fingerprint density at radius 3 is 1.28 bits per heavy atom. The van der Waals surface area contributed by atoms with Crippen LogP contribution >= 0.6 is 44.2 Å². The summed E-state index contributed by atoms with van der Waals surface area (Å²) in [5, 5.41) is 0.282. The third kappa shape index (κ3) is 9.47. The Morgan fingerprint density at radius 2 is 1.00 bits per heavy atom. The summed E-state index contributed by atoms with van der Waals surface area (Å²) in [5.74, 6) is -0.823. The van der Waals surface area contributed by atoms with Gasteiger partial charge in [-0.1, -0.05) is 40.2 Å². The summed E-state index contributed by atoms with van der Waals surface area (Å²) >= 11 is 8.57. The van der Waals surface area contributed by atoms with Crippen LogP contribution in [0.2, 0.25) is 0 Å². The number of carbonyl (C=O) groups excluding carboxylic acids is 4. The average molecular weight is 595 g/mol. The molecule has 2 rings (SSSR count). The van der Waals surface area contributed by atoms with E-state index in [1.165, 1.54) is 21.1 Å². The van der Waals surface area contributed by atoms with E-state index in [-0.39, 0.29) is 16.9 Å². The number of rotatable bonds is 5. The number of benzene rings is 2. The van der Waals surface area contributed by atoms with Gasteiger partial charge in [-0.05, 0) is 31.2 Å². The lowest BCUT2D eigenvalue weighted by Gasteiger charge is -2.00. The monoisotopic (exact) mass is 592 g/mol. The number of halogens is 3. The highest BCUT2D eigenvalue weighted by molar-refractivity contribution is 9.93. The summed E-state index contributed by atoms with van der Waals surface area (Å²) in [6.45, 7) is 1.48. The Labute approximate surface area is 192 Å². The van der Waals surface area contributed by atoms with Crippen molar-refractivity contribution in [2.45, 2.75) is 6.92 Å². The van der Waals surface area contributed by atoms with E-state index in [4.69, 9.17) is 0 Å². The zero-order chi connectivity index (χ0) is 22.4. The van der Waals surface area contributed by atoms with Crippen LogP contribution < -0.4 is 0 Å². The van der Waals surface area contributed by atoms with Crippen molar-refractivity contribution >= 4 is 67.7 Å². The molecule has 156 valence electrons. The SMILES string of the molecule is BrBr.COC(=O)c1ccc(C(=O)CBr)cc1.COC(=O)c1ccc(C(C)=O)cc1. The van der Waals surface area contributed by atoms with Gasteiger partial charge in [-0.3, -0.25) is 9.59 Å². The Hall–Kier alpha value is -1.84. The molecular formula is C20H19Br3O6. The lowest BCUT2D eigenvalue weighted by Crippen LogP contribution is -2.03. The molecule has 0 fully saturated rings. The fourth-order valence-corrected chi connectivity index (χ4v) is 2.27. The first-order chi connectivity index (χ1) is 13.8. The minimum absolute atomic E-state index is 0.0126. The van der Waals surface area contributed by atoms with Crippen LogP contribution in [0, 0.1) is 0 Å². The van der Waals surface area contributed by atoms with Crippen molar-refractivity contribution in [3.63, 3.8) is 0 Å². The molecule has 0 unspecified atom stereocenters. The number of ketones is 2. The molecule has 0 spiro atoms. The fourth-order valence-electron chi connectivity index (χ4n) is 1.95. The molecule has 0 aromatic heterocycles. The van der Waals surface area contributed by atoms with Crippen molar-refractivity contribution in [3.05, 3.63) is 70.8 Å². The molecule has 6 nitrogen and oxygen atoms in total.